The second-order valence-electron chi connectivity index (χ2n) is 3.83. The summed E-state index contributed by atoms with van der Waals surface area (Å²) in [7, 11) is 0. The van der Waals surface area contributed by atoms with Gasteiger partial charge in [-0.2, -0.15) is 0 Å². The number of halogens is 1. The molecule has 0 atom stereocenters. The van der Waals surface area contributed by atoms with Gasteiger partial charge in [0.1, 0.15) is 0 Å². The Morgan fingerprint density at radius 2 is 2.06 bits per heavy atom. The first kappa shape index (κ1) is 13.2. The SMILES string of the molecule is CCC(N)(CC)C(=O)Nc1cccc(Br)c1. The third-order valence-corrected chi connectivity index (χ3v) is 3.29. The highest BCUT2D eigenvalue weighted by Gasteiger charge is 2.29. The smallest absolute Gasteiger partial charge is 0.244 e. The van der Waals surface area contributed by atoms with Crippen molar-refractivity contribution in [2.45, 2.75) is 32.2 Å². The molecule has 0 aliphatic rings. The minimum Gasteiger partial charge on any atom is -0.324 e. The van der Waals surface area contributed by atoms with Gasteiger partial charge in [-0.25, -0.2) is 0 Å². The van der Waals surface area contributed by atoms with E-state index in [1.807, 2.05) is 38.1 Å². The molecular weight excluding hydrogens is 268 g/mol. The van der Waals surface area contributed by atoms with Gasteiger partial charge in [0.2, 0.25) is 5.91 Å². The lowest BCUT2D eigenvalue weighted by molar-refractivity contribution is -0.121. The van der Waals surface area contributed by atoms with Crippen molar-refractivity contribution in [3.63, 3.8) is 0 Å². The topological polar surface area (TPSA) is 55.1 Å². The van der Waals surface area contributed by atoms with Crippen molar-refractivity contribution in [3.05, 3.63) is 28.7 Å². The molecule has 0 unspecified atom stereocenters. The van der Waals surface area contributed by atoms with Gasteiger partial charge in [-0.3, -0.25) is 4.79 Å². The van der Waals surface area contributed by atoms with Crippen molar-refractivity contribution < 1.29 is 4.79 Å². The first-order chi connectivity index (χ1) is 7.51. The van der Waals surface area contributed by atoms with E-state index >= 15 is 0 Å². The number of nitrogens with one attached hydrogen (secondary N) is 1. The second kappa shape index (κ2) is 5.46. The Kier molecular flexibility index (Phi) is 4.50. The molecule has 0 aliphatic carbocycles. The number of carbonyl (C=O) groups excluding carboxylic acids is 1. The maximum Gasteiger partial charge on any atom is 0.244 e. The third-order valence-electron chi connectivity index (χ3n) is 2.80. The summed E-state index contributed by atoms with van der Waals surface area (Å²) in [4.78, 5) is 12.0. The molecule has 4 heteroatoms. The molecule has 1 aromatic rings. The fourth-order valence-electron chi connectivity index (χ4n) is 1.39. The lowest BCUT2D eigenvalue weighted by atomic mass is 9.93. The van der Waals surface area contributed by atoms with Crippen molar-refractivity contribution in [2.75, 3.05) is 5.32 Å². The number of hydrogen-bond acceptors (Lipinski definition) is 2. The Morgan fingerprint density at radius 1 is 1.44 bits per heavy atom. The maximum atomic E-state index is 12.0. The third kappa shape index (κ3) is 3.06. The highest BCUT2D eigenvalue weighted by molar-refractivity contribution is 9.10. The van der Waals surface area contributed by atoms with Gasteiger partial charge in [-0.05, 0) is 31.0 Å². The van der Waals surface area contributed by atoms with Crippen LogP contribution >= 0.6 is 15.9 Å². The van der Waals surface area contributed by atoms with E-state index in [-0.39, 0.29) is 5.91 Å². The lowest BCUT2D eigenvalue weighted by Crippen LogP contribution is -2.50. The fourth-order valence-corrected chi connectivity index (χ4v) is 1.79. The van der Waals surface area contributed by atoms with Gasteiger partial charge in [-0.15, -0.1) is 0 Å². The van der Waals surface area contributed by atoms with Crippen LogP contribution in [0.15, 0.2) is 28.7 Å². The van der Waals surface area contributed by atoms with E-state index in [0.717, 1.165) is 10.2 Å². The van der Waals surface area contributed by atoms with Crippen LogP contribution in [0.3, 0.4) is 0 Å². The molecule has 3 nitrogen and oxygen atoms in total. The van der Waals surface area contributed by atoms with E-state index in [1.165, 1.54) is 0 Å². The number of anilines is 1. The molecule has 1 aromatic carbocycles. The quantitative estimate of drug-likeness (QED) is 0.893. The molecule has 0 aliphatic heterocycles. The van der Waals surface area contributed by atoms with Crippen LogP contribution in [0.1, 0.15) is 26.7 Å². The summed E-state index contributed by atoms with van der Waals surface area (Å²) in [6, 6.07) is 7.47. The largest absolute Gasteiger partial charge is 0.324 e. The molecule has 0 fully saturated rings. The number of amides is 1. The van der Waals surface area contributed by atoms with Crippen LogP contribution in [0.2, 0.25) is 0 Å². The molecule has 0 bridgehead atoms. The molecule has 16 heavy (non-hydrogen) atoms. The molecule has 3 N–H and O–H groups in total. The minimum atomic E-state index is -0.775. The van der Waals surface area contributed by atoms with E-state index in [1.54, 1.807) is 0 Å². The van der Waals surface area contributed by atoms with Crippen molar-refractivity contribution >= 4 is 27.5 Å². The first-order valence-corrected chi connectivity index (χ1v) is 6.17. The average molecular weight is 285 g/mol. The summed E-state index contributed by atoms with van der Waals surface area (Å²) in [5.74, 6) is -0.129. The zero-order valence-electron chi connectivity index (χ0n) is 9.59. The lowest BCUT2D eigenvalue weighted by Gasteiger charge is -2.25. The molecule has 0 saturated heterocycles. The predicted octanol–water partition coefficient (Wildman–Crippen LogP) is 2.91. The van der Waals surface area contributed by atoms with Crippen LogP contribution in [0.5, 0.6) is 0 Å². The summed E-state index contributed by atoms with van der Waals surface area (Å²) in [6.07, 6.45) is 1.26. The van der Waals surface area contributed by atoms with Crippen molar-refractivity contribution in [1.29, 1.82) is 0 Å². The second-order valence-corrected chi connectivity index (χ2v) is 4.74. The van der Waals surface area contributed by atoms with Crippen LogP contribution in [-0.2, 0) is 4.79 Å². The first-order valence-electron chi connectivity index (χ1n) is 5.37. The van der Waals surface area contributed by atoms with E-state index in [4.69, 9.17) is 5.73 Å². The van der Waals surface area contributed by atoms with E-state index in [2.05, 4.69) is 21.2 Å². The monoisotopic (exact) mass is 284 g/mol. The van der Waals surface area contributed by atoms with Gasteiger partial charge in [0.15, 0.2) is 0 Å². The van der Waals surface area contributed by atoms with Crippen LogP contribution < -0.4 is 11.1 Å². The zero-order chi connectivity index (χ0) is 12.2. The number of hydrogen-bond donors (Lipinski definition) is 2. The van der Waals surface area contributed by atoms with E-state index < -0.39 is 5.54 Å². The van der Waals surface area contributed by atoms with Gasteiger partial charge >= 0.3 is 0 Å². The summed E-state index contributed by atoms with van der Waals surface area (Å²) in [5.41, 5.74) is 5.99. The number of rotatable bonds is 4. The highest BCUT2D eigenvalue weighted by atomic mass is 79.9. The fraction of sp³-hybridized carbons (Fsp3) is 0.417. The molecule has 0 heterocycles. The van der Waals surface area contributed by atoms with Crippen LogP contribution in [-0.4, -0.2) is 11.4 Å². The molecule has 0 spiro atoms. The van der Waals surface area contributed by atoms with Gasteiger partial charge in [0, 0.05) is 10.2 Å². The number of benzene rings is 1. The van der Waals surface area contributed by atoms with Crippen LogP contribution in [0.4, 0.5) is 5.69 Å². The van der Waals surface area contributed by atoms with Crippen molar-refractivity contribution in [1.82, 2.24) is 0 Å². The van der Waals surface area contributed by atoms with Crippen molar-refractivity contribution in [3.8, 4) is 0 Å². The van der Waals surface area contributed by atoms with Gasteiger partial charge in [0.05, 0.1) is 5.54 Å². The van der Waals surface area contributed by atoms with Gasteiger partial charge in [0.25, 0.3) is 0 Å². The summed E-state index contributed by atoms with van der Waals surface area (Å²) < 4.78 is 0.931. The Hall–Kier alpha value is -0.870. The minimum absolute atomic E-state index is 0.129. The average Bonchev–Trinajstić information content (AvgIpc) is 2.28. The normalized spacial score (nSPS) is 11.2. The Balaban J connectivity index is 2.78. The van der Waals surface area contributed by atoms with Gasteiger partial charge < -0.3 is 11.1 Å². The summed E-state index contributed by atoms with van der Waals surface area (Å²) in [5, 5.41) is 2.83. The molecule has 0 saturated carbocycles. The van der Waals surface area contributed by atoms with Crippen LogP contribution in [0.25, 0.3) is 0 Å². The highest BCUT2D eigenvalue weighted by Crippen LogP contribution is 2.18. The number of carbonyl (C=O) groups is 1. The maximum absolute atomic E-state index is 12.0. The molecule has 1 rings (SSSR count). The Morgan fingerprint density at radius 3 is 2.56 bits per heavy atom. The molecule has 88 valence electrons. The van der Waals surface area contributed by atoms with E-state index in [0.29, 0.717) is 12.8 Å². The molecule has 0 aromatic heterocycles. The molecule has 1 amide bonds. The molecule has 0 radical (unpaired) electrons. The van der Waals surface area contributed by atoms with Crippen LogP contribution in [0, 0.1) is 0 Å². The van der Waals surface area contributed by atoms with E-state index in [9.17, 15) is 4.79 Å². The number of nitrogens with two attached hydrogens (primary N) is 1. The van der Waals surface area contributed by atoms with Gasteiger partial charge in [-0.1, -0.05) is 35.8 Å². The zero-order valence-corrected chi connectivity index (χ0v) is 11.2. The Labute approximate surface area is 105 Å². The molecular formula is C12H17BrN2O. The van der Waals surface area contributed by atoms with Crippen molar-refractivity contribution in [2.24, 2.45) is 5.73 Å². The predicted molar refractivity (Wildman–Crippen MR) is 70.3 cm³/mol. The Bertz CT molecular complexity index is 375. The standard InChI is InChI=1S/C12H17BrN2O/c1-3-12(14,4-2)11(16)15-10-7-5-6-9(13)8-10/h5-8H,3-4,14H2,1-2H3,(H,15,16). The summed E-state index contributed by atoms with van der Waals surface area (Å²) in [6.45, 7) is 3.84. The summed E-state index contributed by atoms with van der Waals surface area (Å²) >= 11 is 3.35.